The van der Waals surface area contributed by atoms with Gasteiger partial charge in [-0.25, -0.2) is 4.79 Å². The number of hydrogen-bond acceptors (Lipinski definition) is 4. The standard InChI is InChI=1S/C28H42O4/c1-17(13-25-27(3,4)18(2)26(31)32-25)23-10-11-24-20(7-6-12-28(23,24)5)9-8-19-14-21(29)16-22(30)15-19/h8-9,17,21-25,29-30H,2,6-7,10-16H2,1,3-5H3/b20-9+/t17-,21-,22-,23-,24+,25+,28-/m1/s1. The Morgan fingerprint density at radius 3 is 2.47 bits per heavy atom. The summed E-state index contributed by atoms with van der Waals surface area (Å²) in [6.07, 6.45) is 12.5. The van der Waals surface area contributed by atoms with E-state index in [0.717, 1.165) is 12.8 Å². The Hall–Kier alpha value is -1.39. The average Bonchev–Trinajstić information content (AvgIpc) is 3.15. The number of allylic oxidation sites excluding steroid dienone is 3. The first kappa shape index (κ1) is 23.8. The largest absolute Gasteiger partial charge is 0.458 e. The highest BCUT2D eigenvalue weighted by molar-refractivity contribution is 5.91. The van der Waals surface area contributed by atoms with Crippen molar-refractivity contribution in [2.24, 2.45) is 28.6 Å². The fourth-order valence-corrected chi connectivity index (χ4v) is 7.39. The van der Waals surface area contributed by atoms with E-state index in [2.05, 4.69) is 46.4 Å². The van der Waals surface area contributed by atoms with Crippen LogP contribution in [0.4, 0.5) is 0 Å². The monoisotopic (exact) mass is 442 g/mol. The van der Waals surface area contributed by atoms with Gasteiger partial charge in [0, 0.05) is 11.0 Å². The van der Waals surface area contributed by atoms with Crippen LogP contribution in [0.1, 0.15) is 85.5 Å². The normalized spacial score (nSPS) is 41.5. The first-order chi connectivity index (χ1) is 15.0. The van der Waals surface area contributed by atoms with Gasteiger partial charge in [-0.15, -0.1) is 0 Å². The Morgan fingerprint density at radius 1 is 1.16 bits per heavy atom. The molecule has 4 heteroatoms. The van der Waals surface area contributed by atoms with Gasteiger partial charge in [-0.2, -0.15) is 0 Å². The molecule has 0 bridgehead atoms. The topological polar surface area (TPSA) is 66.8 Å². The summed E-state index contributed by atoms with van der Waals surface area (Å²) in [5, 5.41) is 20.0. The van der Waals surface area contributed by atoms with Crippen LogP contribution in [0.3, 0.4) is 0 Å². The number of rotatable bonds is 4. The van der Waals surface area contributed by atoms with Crippen molar-refractivity contribution in [3.05, 3.63) is 35.5 Å². The van der Waals surface area contributed by atoms with Crippen molar-refractivity contribution in [2.75, 3.05) is 0 Å². The number of cyclic esters (lactones) is 1. The van der Waals surface area contributed by atoms with Gasteiger partial charge in [0.1, 0.15) is 6.10 Å². The van der Waals surface area contributed by atoms with E-state index in [1.54, 1.807) is 5.57 Å². The second-order valence-electron chi connectivity index (χ2n) is 11.9. The molecule has 0 amide bonds. The molecule has 1 saturated heterocycles. The fraction of sp³-hybridized carbons (Fsp3) is 0.750. The number of carbonyl (C=O) groups is 1. The van der Waals surface area contributed by atoms with Crippen LogP contribution in [0.15, 0.2) is 35.5 Å². The maximum atomic E-state index is 12.1. The maximum Gasteiger partial charge on any atom is 0.334 e. The summed E-state index contributed by atoms with van der Waals surface area (Å²) < 4.78 is 5.73. The van der Waals surface area contributed by atoms with E-state index in [1.165, 1.54) is 31.3 Å². The third kappa shape index (κ3) is 4.25. The molecular weight excluding hydrogens is 400 g/mol. The summed E-state index contributed by atoms with van der Waals surface area (Å²) in [4.78, 5) is 12.1. The Bertz CT molecular complexity index is 809. The minimum absolute atomic E-state index is 0.0763. The lowest BCUT2D eigenvalue weighted by Gasteiger charge is -2.45. The first-order valence-electron chi connectivity index (χ1n) is 12.7. The molecule has 3 aliphatic carbocycles. The highest BCUT2D eigenvalue weighted by Crippen LogP contribution is 2.60. The predicted molar refractivity (Wildman–Crippen MR) is 127 cm³/mol. The Balaban J connectivity index is 1.48. The number of fused-ring (bicyclic) bond motifs is 1. The molecule has 3 saturated carbocycles. The molecule has 0 unspecified atom stereocenters. The molecule has 0 aromatic carbocycles. The zero-order valence-corrected chi connectivity index (χ0v) is 20.4. The molecule has 1 heterocycles. The zero-order chi connectivity index (χ0) is 23.3. The molecule has 178 valence electrons. The number of ether oxygens (including phenoxy) is 1. The van der Waals surface area contributed by atoms with Gasteiger partial charge in [-0.05, 0) is 81.0 Å². The van der Waals surface area contributed by atoms with Crippen LogP contribution in [-0.2, 0) is 9.53 Å². The molecule has 32 heavy (non-hydrogen) atoms. The molecule has 2 N–H and O–H groups in total. The lowest BCUT2D eigenvalue weighted by Crippen LogP contribution is -2.38. The van der Waals surface area contributed by atoms with E-state index in [1.807, 2.05) is 0 Å². The smallest absolute Gasteiger partial charge is 0.334 e. The molecule has 1 aliphatic heterocycles. The number of aliphatic hydroxyl groups excluding tert-OH is 2. The molecule has 0 radical (unpaired) electrons. The van der Waals surface area contributed by atoms with Gasteiger partial charge in [0.25, 0.3) is 0 Å². The Kier molecular flexibility index (Phi) is 6.50. The summed E-state index contributed by atoms with van der Waals surface area (Å²) in [7, 11) is 0. The summed E-state index contributed by atoms with van der Waals surface area (Å²) in [6.45, 7) is 13.0. The molecule has 4 aliphatic rings. The van der Waals surface area contributed by atoms with Gasteiger partial charge < -0.3 is 14.9 Å². The van der Waals surface area contributed by atoms with E-state index < -0.39 is 12.2 Å². The van der Waals surface area contributed by atoms with Crippen molar-refractivity contribution in [1.29, 1.82) is 0 Å². The number of hydrogen-bond donors (Lipinski definition) is 2. The van der Waals surface area contributed by atoms with Crippen LogP contribution >= 0.6 is 0 Å². The second-order valence-corrected chi connectivity index (χ2v) is 11.9. The molecule has 4 fully saturated rings. The van der Waals surface area contributed by atoms with Gasteiger partial charge >= 0.3 is 5.97 Å². The van der Waals surface area contributed by atoms with Crippen LogP contribution < -0.4 is 0 Å². The van der Waals surface area contributed by atoms with Crippen molar-refractivity contribution in [2.45, 2.75) is 104 Å². The second kappa shape index (κ2) is 8.76. The van der Waals surface area contributed by atoms with E-state index in [0.29, 0.717) is 42.6 Å². The first-order valence-corrected chi connectivity index (χ1v) is 12.7. The highest BCUT2D eigenvalue weighted by atomic mass is 16.6. The van der Waals surface area contributed by atoms with Crippen LogP contribution in [-0.4, -0.2) is 34.5 Å². The summed E-state index contributed by atoms with van der Waals surface area (Å²) in [5.74, 6) is 1.50. The van der Waals surface area contributed by atoms with Gasteiger partial charge in [0.2, 0.25) is 0 Å². The average molecular weight is 443 g/mol. The van der Waals surface area contributed by atoms with Gasteiger partial charge in [-0.1, -0.05) is 57.6 Å². The molecule has 7 atom stereocenters. The number of aliphatic hydroxyl groups is 2. The Labute approximate surface area is 193 Å². The van der Waals surface area contributed by atoms with E-state index in [-0.39, 0.29) is 22.9 Å². The quantitative estimate of drug-likeness (QED) is 0.446. The van der Waals surface area contributed by atoms with Crippen LogP contribution in [0.5, 0.6) is 0 Å². The zero-order valence-electron chi connectivity index (χ0n) is 20.4. The predicted octanol–water partition coefficient (Wildman–Crippen LogP) is 5.50. The molecule has 0 spiro atoms. The summed E-state index contributed by atoms with van der Waals surface area (Å²) in [6, 6.07) is 0. The SMILES string of the molecule is C=C1C(=O)O[C@@H](C[C@@H](C)[C@H]2CC[C@H]3/C(=C/C=C4C[C@@H](O)C[C@H](O)C4)CCC[C@]23C)C1(C)C. The maximum absolute atomic E-state index is 12.1. The molecule has 0 aromatic rings. The molecule has 0 aromatic heterocycles. The summed E-state index contributed by atoms with van der Waals surface area (Å²) in [5.41, 5.74) is 3.33. The molecular formula is C28H42O4. The van der Waals surface area contributed by atoms with Crippen molar-refractivity contribution in [3.8, 4) is 0 Å². The van der Waals surface area contributed by atoms with E-state index in [9.17, 15) is 15.0 Å². The molecule has 4 rings (SSSR count). The van der Waals surface area contributed by atoms with E-state index >= 15 is 0 Å². The van der Waals surface area contributed by atoms with Crippen molar-refractivity contribution < 1.29 is 19.7 Å². The lowest BCUT2D eigenvalue weighted by molar-refractivity contribution is -0.140. The third-order valence-electron chi connectivity index (χ3n) is 9.46. The third-order valence-corrected chi connectivity index (χ3v) is 9.46. The van der Waals surface area contributed by atoms with Crippen molar-refractivity contribution in [3.63, 3.8) is 0 Å². The number of carbonyl (C=O) groups excluding carboxylic acids is 1. The Morgan fingerprint density at radius 2 is 1.84 bits per heavy atom. The van der Waals surface area contributed by atoms with Crippen molar-refractivity contribution in [1.82, 2.24) is 0 Å². The van der Waals surface area contributed by atoms with Gasteiger partial charge in [0.15, 0.2) is 0 Å². The van der Waals surface area contributed by atoms with Gasteiger partial charge in [-0.3, -0.25) is 0 Å². The molecule has 4 nitrogen and oxygen atoms in total. The minimum atomic E-state index is -0.415. The summed E-state index contributed by atoms with van der Waals surface area (Å²) >= 11 is 0. The van der Waals surface area contributed by atoms with Crippen LogP contribution in [0.2, 0.25) is 0 Å². The van der Waals surface area contributed by atoms with Gasteiger partial charge in [0.05, 0.1) is 12.2 Å². The highest BCUT2D eigenvalue weighted by Gasteiger charge is 2.53. The van der Waals surface area contributed by atoms with E-state index in [4.69, 9.17) is 4.74 Å². The lowest BCUT2D eigenvalue weighted by atomic mass is 9.60. The number of esters is 1. The minimum Gasteiger partial charge on any atom is -0.458 e. The fourth-order valence-electron chi connectivity index (χ4n) is 7.39. The van der Waals surface area contributed by atoms with Crippen LogP contribution in [0.25, 0.3) is 0 Å². The van der Waals surface area contributed by atoms with Crippen LogP contribution in [0, 0.1) is 28.6 Å². The van der Waals surface area contributed by atoms with Crippen molar-refractivity contribution >= 4 is 5.97 Å².